The zero-order valence-electron chi connectivity index (χ0n) is 10.4. The van der Waals surface area contributed by atoms with Gasteiger partial charge in [0.15, 0.2) is 0 Å². The second kappa shape index (κ2) is 5.21. The van der Waals surface area contributed by atoms with Gasteiger partial charge < -0.3 is 14.7 Å². The summed E-state index contributed by atoms with van der Waals surface area (Å²) in [4.78, 5) is 6.88. The molecule has 1 aliphatic heterocycles. The minimum atomic E-state index is 0.679. The quantitative estimate of drug-likeness (QED) is 0.644. The summed E-state index contributed by atoms with van der Waals surface area (Å²) in [5.74, 6) is 1.26. The van der Waals surface area contributed by atoms with Gasteiger partial charge >= 0.3 is 0 Å². The number of hydrogen-bond acceptors (Lipinski definition) is 3. The van der Waals surface area contributed by atoms with Crippen molar-refractivity contribution < 1.29 is 0 Å². The molecule has 1 saturated heterocycles. The normalized spacial score (nSPS) is 22.3. The third kappa shape index (κ3) is 2.99. The van der Waals surface area contributed by atoms with E-state index in [-0.39, 0.29) is 0 Å². The molecule has 1 atom stereocenters. The van der Waals surface area contributed by atoms with Gasteiger partial charge in [-0.3, -0.25) is 0 Å². The number of rotatable bonds is 4. The van der Waals surface area contributed by atoms with Crippen molar-refractivity contribution in [3.05, 3.63) is 24.6 Å². The first-order chi connectivity index (χ1) is 7.06. The molecule has 0 bridgehead atoms. The number of likely N-dealkylation sites (N-methyl/N-ethyl adjacent to an activating group) is 1. The van der Waals surface area contributed by atoms with E-state index < -0.39 is 0 Å². The van der Waals surface area contributed by atoms with Gasteiger partial charge in [0.1, 0.15) is 5.82 Å². The van der Waals surface area contributed by atoms with E-state index in [0.717, 1.165) is 13.1 Å². The van der Waals surface area contributed by atoms with Crippen LogP contribution in [-0.4, -0.2) is 62.0 Å². The first-order valence-electron chi connectivity index (χ1n) is 5.47. The molecule has 3 heteroatoms. The topological polar surface area (TPSA) is 9.72 Å². The van der Waals surface area contributed by atoms with Gasteiger partial charge in [-0.1, -0.05) is 12.7 Å². The van der Waals surface area contributed by atoms with Gasteiger partial charge in [-0.05, 0) is 26.6 Å². The molecule has 3 nitrogen and oxygen atoms in total. The fourth-order valence-electron chi connectivity index (χ4n) is 2.01. The van der Waals surface area contributed by atoms with Crippen molar-refractivity contribution in [2.75, 3.05) is 41.3 Å². The first-order valence-corrected chi connectivity index (χ1v) is 5.47. The molecule has 1 heterocycles. The fraction of sp³-hybridized carbons (Fsp3) is 0.667. The molecule has 0 amide bonds. The molecule has 1 unspecified atom stereocenters. The molecule has 0 radical (unpaired) electrons. The Morgan fingerprint density at radius 1 is 1.33 bits per heavy atom. The lowest BCUT2D eigenvalue weighted by molar-refractivity contribution is 0.259. The second-order valence-corrected chi connectivity index (χ2v) is 4.51. The molecule has 0 saturated carbocycles. The van der Waals surface area contributed by atoms with Gasteiger partial charge in [0.05, 0.1) is 0 Å². The lowest BCUT2D eigenvalue weighted by Gasteiger charge is -2.28. The Morgan fingerprint density at radius 2 is 2.00 bits per heavy atom. The molecule has 86 valence electrons. The molecule has 0 aliphatic carbocycles. The Hall–Kier alpha value is -0.960. The highest BCUT2D eigenvalue weighted by Crippen LogP contribution is 2.19. The maximum Gasteiger partial charge on any atom is 0.103 e. The average Bonchev–Trinajstić information content (AvgIpc) is 2.62. The van der Waals surface area contributed by atoms with Crippen LogP contribution < -0.4 is 0 Å². The van der Waals surface area contributed by atoms with E-state index in [0.29, 0.717) is 6.04 Å². The van der Waals surface area contributed by atoms with Crippen molar-refractivity contribution in [2.24, 2.45) is 0 Å². The Balaban J connectivity index is 2.65. The maximum absolute atomic E-state index is 3.77. The van der Waals surface area contributed by atoms with E-state index in [1.807, 2.05) is 6.08 Å². The van der Waals surface area contributed by atoms with Gasteiger partial charge in [-0.2, -0.15) is 0 Å². The van der Waals surface area contributed by atoms with E-state index in [9.17, 15) is 0 Å². The zero-order valence-corrected chi connectivity index (χ0v) is 10.4. The summed E-state index contributed by atoms with van der Waals surface area (Å²) in [5.41, 5.74) is 0. The monoisotopic (exact) mass is 209 g/mol. The zero-order chi connectivity index (χ0) is 11.4. The van der Waals surface area contributed by atoms with Crippen molar-refractivity contribution in [1.29, 1.82) is 0 Å². The molecule has 1 rings (SSSR count). The van der Waals surface area contributed by atoms with Gasteiger partial charge in [0, 0.05) is 33.2 Å². The molecular weight excluding hydrogens is 186 g/mol. The summed E-state index contributed by atoms with van der Waals surface area (Å²) in [6.45, 7) is 6.02. The van der Waals surface area contributed by atoms with Crippen molar-refractivity contribution in [3.8, 4) is 0 Å². The summed E-state index contributed by atoms with van der Waals surface area (Å²) in [5, 5.41) is 0. The molecular formula is C12H23N3. The van der Waals surface area contributed by atoms with Crippen LogP contribution in [0.4, 0.5) is 0 Å². The molecule has 0 N–H and O–H groups in total. The minimum Gasteiger partial charge on any atom is -0.364 e. The largest absolute Gasteiger partial charge is 0.364 e. The molecule has 1 fully saturated rings. The van der Waals surface area contributed by atoms with E-state index in [2.05, 4.69) is 55.5 Å². The summed E-state index contributed by atoms with van der Waals surface area (Å²) in [7, 11) is 8.47. The number of likely N-dealkylation sites (tertiary alicyclic amines) is 1. The van der Waals surface area contributed by atoms with Gasteiger partial charge in [0.25, 0.3) is 0 Å². The molecule has 0 aromatic carbocycles. The van der Waals surface area contributed by atoms with Gasteiger partial charge in [0.2, 0.25) is 0 Å². The van der Waals surface area contributed by atoms with E-state index in [4.69, 9.17) is 0 Å². The van der Waals surface area contributed by atoms with Crippen LogP contribution in [0.15, 0.2) is 24.6 Å². The summed E-state index contributed by atoms with van der Waals surface area (Å²) in [6.07, 6.45) is 5.19. The van der Waals surface area contributed by atoms with Crippen LogP contribution in [0.1, 0.15) is 6.42 Å². The second-order valence-electron chi connectivity index (χ2n) is 4.51. The van der Waals surface area contributed by atoms with Crippen molar-refractivity contribution in [1.82, 2.24) is 14.7 Å². The van der Waals surface area contributed by atoms with E-state index >= 15 is 0 Å². The Labute approximate surface area is 93.6 Å². The summed E-state index contributed by atoms with van der Waals surface area (Å²) >= 11 is 0. The third-order valence-electron chi connectivity index (χ3n) is 2.94. The van der Waals surface area contributed by atoms with Gasteiger partial charge in [-0.15, -0.1) is 0 Å². The number of hydrogen-bond donors (Lipinski definition) is 0. The SMILES string of the molecule is C=CC=C(N(C)C)N1CCC(N(C)C)C1. The minimum absolute atomic E-state index is 0.679. The standard InChI is InChI=1S/C12H23N3/c1-6-7-12(14(4)5)15-9-8-11(10-15)13(2)3/h6-7,11H,1,8-10H2,2-5H3. The van der Waals surface area contributed by atoms with Crippen LogP contribution in [0.3, 0.4) is 0 Å². The Bertz CT molecular complexity index is 243. The van der Waals surface area contributed by atoms with E-state index in [1.54, 1.807) is 0 Å². The Morgan fingerprint density at radius 3 is 2.40 bits per heavy atom. The molecule has 0 aromatic rings. The molecule has 0 aromatic heterocycles. The van der Waals surface area contributed by atoms with Gasteiger partial charge in [-0.25, -0.2) is 0 Å². The highest BCUT2D eigenvalue weighted by molar-refractivity contribution is 5.10. The van der Waals surface area contributed by atoms with E-state index in [1.165, 1.54) is 12.2 Å². The smallest absolute Gasteiger partial charge is 0.103 e. The summed E-state index contributed by atoms with van der Waals surface area (Å²) < 4.78 is 0. The third-order valence-corrected chi connectivity index (χ3v) is 2.94. The van der Waals surface area contributed by atoms with Crippen molar-refractivity contribution >= 4 is 0 Å². The first kappa shape index (κ1) is 12.1. The predicted octanol–water partition coefficient (Wildman–Crippen LogP) is 1.21. The summed E-state index contributed by atoms with van der Waals surface area (Å²) in [6, 6.07) is 0.679. The lowest BCUT2D eigenvalue weighted by Crippen LogP contribution is -2.34. The van der Waals surface area contributed by atoms with Crippen molar-refractivity contribution in [3.63, 3.8) is 0 Å². The molecule has 15 heavy (non-hydrogen) atoms. The van der Waals surface area contributed by atoms with Crippen LogP contribution in [0.5, 0.6) is 0 Å². The highest BCUT2D eigenvalue weighted by Gasteiger charge is 2.25. The predicted molar refractivity (Wildman–Crippen MR) is 65.6 cm³/mol. The average molecular weight is 209 g/mol. The Kier molecular flexibility index (Phi) is 4.21. The lowest BCUT2D eigenvalue weighted by atomic mass is 10.2. The maximum atomic E-state index is 3.77. The van der Waals surface area contributed by atoms with Crippen molar-refractivity contribution in [2.45, 2.75) is 12.5 Å². The molecule has 1 aliphatic rings. The van der Waals surface area contributed by atoms with Crippen LogP contribution in [0, 0.1) is 0 Å². The number of nitrogens with zero attached hydrogens (tertiary/aromatic N) is 3. The van der Waals surface area contributed by atoms with Crippen LogP contribution >= 0.6 is 0 Å². The van der Waals surface area contributed by atoms with Crippen LogP contribution in [0.2, 0.25) is 0 Å². The molecule has 0 spiro atoms. The van der Waals surface area contributed by atoms with Crippen LogP contribution in [-0.2, 0) is 0 Å². The number of allylic oxidation sites excluding steroid dienone is 2. The fourth-order valence-corrected chi connectivity index (χ4v) is 2.01. The van der Waals surface area contributed by atoms with Crippen LogP contribution in [0.25, 0.3) is 0 Å². The highest BCUT2D eigenvalue weighted by atomic mass is 15.3.